The molecule has 4 aromatic carbocycles. The molecule has 49 heavy (non-hydrogen) atoms. The fraction of sp³-hybridized carbons (Fsp3) is 0.289. The van der Waals surface area contributed by atoms with E-state index in [0.29, 0.717) is 0 Å². The Morgan fingerprint density at radius 1 is 0.306 bits per heavy atom. The van der Waals surface area contributed by atoms with Crippen LogP contribution in [-0.2, 0) is 5.41 Å². The second kappa shape index (κ2) is 14.2. The molecule has 4 nitrogen and oxygen atoms in total. The molecular weight excluding hydrogens is 604 g/mol. The Bertz CT molecular complexity index is 1700. The third-order valence-electron chi connectivity index (χ3n) is 7.32. The molecular formula is C45H44O4. The Morgan fingerprint density at radius 3 is 0.612 bits per heavy atom. The summed E-state index contributed by atoms with van der Waals surface area (Å²) in [6.07, 6.45) is 0. The van der Waals surface area contributed by atoms with E-state index in [2.05, 4.69) is 95.9 Å². The van der Waals surface area contributed by atoms with Crippen LogP contribution < -0.4 is 0 Å². The molecule has 4 N–H and O–H groups in total. The molecule has 0 fully saturated rings. The number of aliphatic hydroxyl groups is 4. The van der Waals surface area contributed by atoms with Crippen LogP contribution in [0.3, 0.4) is 0 Å². The normalized spacial score (nSPS) is 11.8. The van der Waals surface area contributed by atoms with E-state index in [4.69, 9.17) is 0 Å². The first kappa shape index (κ1) is 36.8. The zero-order valence-corrected chi connectivity index (χ0v) is 29.5. The fourth-order valence-corrected chi connectivity index (χ4v) is 5.11. The second-order valence-electron chi connectivity index (χ2n) is 14.3. The third kappa shape index (κ3) is 10.5. The van der Waals surface area contributed by atoms with Crippen molar-refractivity contribution in [1.82, 2.24) is 0 Å². The van der Waals surface area contributed by atoms with E-state index in [1.807, 2.05) is 48.5 Å². The second-order valence-corrected chi connectivity index (χ2v) is 14.3. The number of rotatable bonds is 4. The molecule has 4 aromatic rings. The van der Waals surface area contributed by atoms with Gasteiger partial charge >= 0.3 is 0 Å². The van der Waals surface area contributed by atoms with E-state index in [1.54, 1.807) is 55.4 Å². The molecule has 4 heteroatoms. The predicted octanol–water partition coefficient (Wildman–Crippen LogP) is 6.56. The van der Waals surface area contributed by atoms with Crippen LogP contribution in [0.2, 0.25) is 0 Å². The van der Waals surface area contributed by atoms with E-state index in [1.165, 1.54) is 0 Å². The van der Waals surface area contributed by atoms with Gasteiger partial charge in [-0.3, -0.25) is 0 Å². The third-order valence-corrected chi connectivity index (χ3v) is 7.32. The van der Waals surface area contributed by atoms with Crippen LogP contribution in [0.4, 0.5) is 0 Å². The quantitative estimate of drug-likeness (QED) is 0.149. The van der Waals surface area contributed by atoms with Crippen LogP contribution in [0.15, 0.2) is 97.1 Å². The highest BCUT2D eigenvalue weighted by Crippen LogP contribution is 2.45. The van der Waals surface area contributed by atoms with Gasteiger partial charge in [0.05, 0.1) is 5.41 Å². The van der Waals surface area contributed by atoms with Crippen molar-refractivity contribution in [2.45, 2.75) is 83.2 Å². The molecule has 0 aliphatic carbocycles. The van der Waals surface area contributed by atoms with E-state index < -0.39 is 27.8 Å². The topological polar surface area (TPSA) is 80.9 Å². The Hall–Kier alpha value is -5.04. The predicted molar refractivity (Wildman–Crippen MR) is 197 cm³/mol. The SMILES string of the molecule is CC(C)(O)C#Cc1ccc(C(c2ccc(C#CC(C)(C)O)cc2)(c2ccc(C#CC(C)(C)O)cc2)c2ccc(C#CC(C)(C)O)cc2)cc1. The van der Waals surface area contributed by atoms with E-state index in [0.717, 1.165) is 44.5 Å². The van der Waals surface area contributed by atoms with E-state index in [9.17, 15) is 20.4 Å². The molecule has 0 radical (unpaired) electrons. The van der Waals surface area contributed by atoms with Gasteiger partial charge < -0.3 is 20.4 Å². The van der Waals surface area contributed by atoms with Crippen molar-refractivity contribution < 1.29 is 20.4 Å². The standard InChI is InChI=1S/C45H44O4/c1-41(2,46)29-25-33-9-17-37(18-10-33)45(38-19-11-34(12-20-38)26-30-42(3,4)47,39-21-13-35(14-22-39)27-31-43(5,6)48)40-23-15-36(16-24-40)28-32-44(7,8)49/h9-24,46-49H,1-8H3. The lowest BCUT2D eigenvalue weighted by atomic mass is 9.65. The first-order chi connectivity index (χ1) is 22.7. The summed E-state index contributed by atoms with van der Waals surface area (Å²) in [6, 6.07) is 32.1. The molecule has 0 atom stereocenters. The van der Waals surface area contributed by atoms with Crippen LogP contribution in [-0.4, -0.2) is 42.8 Å². The highest BCUT2D eigenvalue weighted by Gasteiger charge is 2.38. The summed E-state index contributed by atoms with van der Waals surface area (Å²) in [5, 5.41) is 40.7. The van der Waals surface area contributed by atoms with Gasteiger partial charge in [-0.25, -0.2) is 0 Å². The van der Waals surface area contributed by atoms with Gasteiger partial charge in [0, 0.05) is 22.3 Å². The summed E-state index contributed by atoms with van der Waals surface area (Å²) < 4.78 is 0. The summed E-state index contributed by atoms with van der Waals surface area (Å²) in [6.45, 7) is 13.2. The van der Waals surface area contributed by atoms with Gasteiger partial charge in [-0.2, -0.15) is 0 Å². The number of hydrogen-bond acceptors (Lipinski definition) is 4. The van der Waals surface area contributed by atoms with Crippen molar-refractivity contribution >= 4 is 0 Å². The highest BCUT2D eigenvalue weighted by molar-refractivity contribution is 5.62. The fourth-order valence-electron chi connectivity index (χ4n) is 5.11. The number of benzene rings is 4. The van der Waals surface area contributed by atoms with Gasteiger partial charge in [0.15, 0.2) is 0 Å². The van der Waals surface area contributed by atoms with Crippen molar-refractivity contribution in [2.24, 2.45) is 0 Å². The molecule has 248 valence electrons. The molecule has 0 unspecified atom stereocenters. The van der Waals surface area contributed by atoms with Crippen molar-refractivity contribution in [2.75, 3.05) is 0 Å². The van der Waals surface area contributed by atoms with Crippen molar-refractivity contribution in [3.05, 3.63) is 142 Å². The zero-order chi connectivity index (χ0) is 36.1. The van der Waals surface area contributed by atoms with Gasteiger partial charge in [0.25, 0.3) is 0 Å². The maximum absolute atomic E-state index is 10.2. The Labute approximate surface area is 291 Å². The van der Waals surface area contributed by atoms with Crippen LogP contribution in [0.5, 0.6) is 0 Å². The summed E-state index contributed by atoms with van der Waals surface area (Å²) in [4.78, 5) is 0. The van der Waals surface area contributed by atoms with E-state index in [-0.39, 0.29) is 0 Å². The molecule has 0 aliphatic rings. The average molecular weight is 649 g/mol. The van der Waals surface area contributed by atoms with Crippen molar-refractivity contribution in [3.63, 3.8) is 0 Å². The summed E-state index contributed by atoms with van der Waals surface area (Å²) in [5.74, 6) is 23.9. The molecule has 0 bridgehead atoms. The molecule has 0 aromatic heterocycles. The maximum Gasteiger partial charge on any atom is 0.120 e. The van der Waals surface area contributed by atoms with Gasteiger partial charge in [-0.15, -0.1) is 0 Å². The number of hydrogen-bond donors (Lipinski definition) is 4. The zero-order valence-electron chi connectivity index (χ0n) is 29.5. The summed E-state index contributed by atoms with van der Waals surface area (Å²) in [7, 11) is 0. The lowest BCUT2D eigenvalue weighted by molar-refractivity contribution is 0.143. The molecule has 0 saturated heterocycles. The summed E-state index contributed by atoms with van der Waals surface area (Å²) in [5.41, 5.74) is 1.67. The Morgan fingerprint density at radius 2 is 0.469 bits per heavy atom. The van der Waals surface area contributed by atoms with Gasteiger partial charge in [0.1, 0.15) is 22.4 Å². The molecule has 0 heterocycles. The highest BCUT2D eigenvalue weighted by atomic mass is 16.3. The molecule has 4 rings (SSSR count). The Balaban J connectivity index is 2.02. The Kier molecular flexibility index (Phi) is 10.7. The van der Waals surface area contributed by atoms with Crippen LogP contribution >= 0.6 is 0 Å². The maximum atomic E-state index is 10.2. The van der Waals surface area contributed by atoms with Gasteiger partial charge in [-0.1, -0.05) is 95.9 Å². The van der Waals surface area contributed by atoms with Crippen LogP contribution in [0.25, 0.3) is 0 Å². The van der Waals surface area contributed by atoms with Crippen molar-refractivity contribution in [1.29, 1.82) is 0 Å². The first-order valence-electron chi connectivity index (χ1n) is 16.2. The lowest BCUT2D eigenvalue weighted by Gasteiger charge is -2.37. The largest absolute Gasteiger partial charge is 0.378 e. The molecule has 0 spiro atoms. The molecule has 0 saturated carbocycles. The minimum atomic E-state index is -1.12. The average Bonchev–Trinajstić information content (AvgIpc) is 3.02. The minimum Gasteiger partial charge on any atom is -0.378 e. The monoisotopic (exact) mass is 648 g/mol. The summed E-state index contributed by atoms with van der Waals surface area (Å²) >= 11 is 0. The van der Waals surface area contributed by atoms with Gasteiger partial charge in [0.2, 0.25) is 0 Å². The first-order valence-corrected chi connectivity index (χ1v) is 16.2. The molecule has 0 amide bonds. The smallest absolute Gasteiger partial charge is 0.120 e. The van der Waals surface area contributed by atoms with Crippen LogP contribution in [0, 0.1) is 47.4 Å². The van der Waals surface area contributed by atoms with Gasteiger partial charge in [-0.05, 0) is 126 Å². The lowest BCUT2D eigenvalue weighted by Crippen LogP contribution is -2.31. The molecule has 0 aliphatic heterocycles. The minimum absolute atomic E-state index is 0.770. The van der Waals surface area contributed by atoms with E-state index >= 15 is 0 Å². The van der Waals surface area contributed by atoms with Crippen LogP contribution in [0.1, 0.15) is 99.9 Å². The van der Waals surface area contributed by atoms with Crippen molar-refractivity contribution in [3.8, 4) is 47.4 Å².